The highest BCUT2D eigenvalue weighted by Crippen LogP contribution is 2.27. The lowest BCUT2D eigenvalue weighted by molar-refractivity contribution is 0.161. The highest BCUT2D eigenvalue weighted by atomic mass is 32.2. The predicted octanol–water partition coefficient (Wildman–Crippen LogP) is 0.814. The maximum Gasteiger partial charge on any atom is 0.153 e. The van der Waals surface area contributed by atoms with Crippen molar-refractivity contribution >= 4 is 9.84 Å². The van der Waals surface area contributed by atoms with E-state index >= 15 is 0 Å². The molecule has 1 heterocycles. The number of methoxy groups -OCH3 is 1. The van der Waals surface area contributed by atoms with Gasteiger partial charge in [-0.05, 0) is 24.6 Å². The highest BCUT2D eigenvalue weighted by molar-refractivity contribution is 7.91. The number of hydrogen-bond donors (Lipinski definition) is 1. The Morgan fingerprint density at radius 2 is 2.25 bits per heavy atom. The lowest BCUT2D eigenvalue weighted by Gasteiger charge is -2.39. The van der Waals surface area contributed by atoms with Gasteiger partial charge >= 0.3 is 0 Å². The Labute approximate surface area is 120 Å². The molecule has 20 heavy (non-hydrogen) atoms. The van der Waals surface area contributed by atoms with Crippen molar-refractivity contribution in [3.8, 4) is 5.75 Å². The molecule has 1 aliphatic rings. The minimum atomic E-state index is -2.91. The quantitative estimate of drug-likeness (QED) is 0.890. The van der Waals surface area contributed by atoms with Crippen LogP contribution in [0, 0.1) is 0 Å². The van der Waals surface area contributed by atoms with Gasteiger partial charge < -0.3 is 10.5 Å². The zero-order chi connectivity index (χ0) is 14.8. The highest BCUT2D eigenvalue weighted by Gasteiger charge is 2.32. The van der Waals surface area contributed by atoms with E-state index in [1.165, 1.54) is 0 Å². The zero-order valence-electron chi connectivity index (χ0n) is 12.0. The van der Waals surface area contributed by atoms with E-state index in [0.717, 1.165) is 11.3 Å². The second-order valence-electron chi connectivity index (χ2n) is 5.23. The van der Waals surface area contributed by atoms with E-state index in [4.69, 9.17) is 10.5 Å². The first kappa shape index (κ1) is 15.3. The molecular weight excluding hydrogens is 276 g/mol. The van der Waals surface area contributed by atoms with Gasteiger partial charge in [-0.2, -0.15) is 0 Å². The molecule has 2 N–H and O–H groups in total. The number of sulfone groups is 1. The van der Waals surface area contributed by atoms with E-state index in [0.29, 0.717) is 13.1 Å². The average molecular weight is 298 g/mol. The maximum atomic E-state index is 11.7. The molecule has 0 bridgehead atoms. The van der Waals surface area contributed by atoms with Crippen LogP contribution in [0.5, 0.6) is 5.75 Å². The summed E-state index contributed by atoms with van der Waals surface area (Å²) in [6.45, 7) is 2.93. The third-order valence-electron chi connectivity index (χ3n) is 3.82. The number of nitrogens with zero attached hydrogens (tertiary/aromatic N) is 1. The van der Waals surface area contributed by atoms with Crippen molar-refractivity contribution in [3.63, 3.8) is 0 Å². The van der Waals surface area contributed by atoms with Crippen molar-refractivity contribution in [1.29, 1.82) is 0 Å². The largest absolute Gasteiger partial charge is 0.497 e. The molecule has 0 saturated carbocycles. The van der Waals surface area contributed by atoms with Gasteiger partial charge in [-0.15, -0.1) is 0 Å². The summed E-state index contributed by atoms with van der Waals surface area (Å²) >= 11 is 0. The second-order valence-corrected chi connectivity index (χ2v) is 7.46. The van der Waals surface area contributed by atoms with Crippen LogP contribution in [0.15, 0.2) is 24.3 Å². The monoisotopic (exact) mass is 298 g/mol. The van der Waals surface area contributed by atoms with Gasteiger partial charge in [0, 0.05) is 25.2 Å². The van der Waals surface area contributed by atoms with Crippen molar-refractivity contribution in [1.82, 2.24) is 4.90 Å². The second kappa shape index (κ2) is 6.11. The molecule has 1 aliphatic heterocycles. The van der Waals surface area contributed by atoms with Crippen LogP contribution in [-0.2, 0) is 9.84 Å². The summed E-state index contributed by atoms with van der Waals surface area (Å²) in [5, 5.41) is 0. The molecule has 0 aliphatic carbocycles. The van der Waals surface area contributed by atoms with Crippen molar-refractivity contribution in [2.45, 2.75) is 19.0 Å². The summed E-state index contributed by atoms with van der Waals surface area (Å²) in [5.74, 6) is 1.20. The Kier molecular flexibility index (Phi) is 4.67. The van der Waals surface area contributed by atoms with Gasteiger partial charge in [0.05, 0.1) is 18.6 Å². The molecule has 6 heteroatoms. The van der Waals surface area contributed by atoms with Gasteiger partial charge in [0.15, 0.2) is 9.84 Å². The number of rotatable bonds is 4. The number of ether oxygens (including phenoxy) is 1. The first-order chi connectivity index (χ1) is 9.46. The molecule has 2 unspecified atom stereocenters. The molecule has 0 spiro atoms. The minimum absolute atomic E-state index is 0.0199. The number of nitrogens with two attached hydrogens (primary N) is 1. The van der Waals surface area contributed by atoms with Crippen molar-refractivity contribution in [2.24, 2.45) is 5.73 Å². The van der Waals surface area contributed by atoms with Crippen molar-refractivity contribution in [3.05, 3.63) is 29.8 Å². The van der Waals surface area contributed by atoms with E-state index < -0.39 is 9.84 Å². The first-order valence-corrected chi connectivity index (χ1v) is 8.59. The molecule has 1 aromatic carbocycles. The SMILES string of the molecule is COc1cccc(C(CN)N2CCS(=O)(=O)CC2C)c1. The van der Waals surface area contributed by atoms with E-state index in [2.05, 4.69) is 4.90 Å². The zero-order valence-corrected chi connectivity index (χ0v) is 12.8. The van der Waals surface area contributed by atoms with Gasteiger partial charge in [0.2, 0.25) is 0 Å². The van der Waals surface area contributed by atoms with Crippen LogP contribution in [0.2, 0.25) is 0 Å². The first-order valence-electron chi connectivity index (χ1n) is 6.77. The van der Waals surface area contributed by atoms with Crippen LogP contribution >= 0.6 is 0 Å². The molecule has 2 atom stereocenters. The fourth-order valence-corrected chi connectivity index (χ4v) is 4.37. The predicted molar refractivity (Wildman–Crippen MR) is 79.6 cm³/mol. The molecule has 2 rings (SSSR count). The van der Waals surface area contributed by atoms with Crippen LogP contribution in [-0.4, -0.2) is 51.1 Å². The number of hydrogen-bond acceptors (Lipinski definition) is 5. The van der Waals surface area contributed by atoms with Gasteiger partial charge in [-0.25, -0.2) is 8.42 Å². The van der Waals surface area contributed by atoms with Gasteiger partial charge in [0.1, 0.15) is 5.75 Å². The van der Waals surface area contributed by atoms with Gasteiger partial charge in [0.25, 0.3) is 0 Å². The van der Waals surface area contributed by atoms with Crippen LogP contribution in [0.4, 0.5) is 0 Å². The van der Waals surface area contributed by atoms with Crippen molar-refractivity contribution in [2.75, 3.05) is 31.7 Å². The van der Waals surface area contributed by atoms with Crippen LogP contribution in [0.25, 0.3) is 0 Å². The summed E-state index contributed by atoms with van der Waals surface area (Å²) < 4.78 is 28.6. The lowest BCUT2D eigenvalue weighted by atomic mass is 10.0. The molecule has 0 aromatic heterocycles. The maximum absolute atomic E-state index is 11.7. The molecule has 1 fully saturated rings. The van der Waals surface area contributed by atoms with E-state index in [1.54, 1.807) is 7.11 Å². The fourth-order valence-electron chi connectivity index (χ4n) is 2.79. The van der Waals surface area contributed by atoms with E-state index in [9.17, 15) is 8.42 Å². The third-order valence-corrected chi connectivity index (χ3v) is 5.62. The molecular formula is C14H22N2O3S. The van der Waals surface area contributed by atoms with Crippen LogP contribution in [0.3, 0.4) is 0 Å². The summed E-state index contributed by atoms with van der Waals surface area (Å²) in [5.41, 5.74) is 6.99. The topological polar surface area (TPSA) is 72.6 Å². The van der Waals surface area contributed by atoms with Gasteiger partial charge in [-0.3, -0.25) is 4.90 Å². The van der Waals surface area contributed by atoms with E-state index in [-0.39, 0.29) is 23.6 Å². The summed E-state index contributed by atoms with van der Waals surface area (Å²) in [6, 6.07) is 7.80. The average Bonchev–Trinajstić information content (AvgIpc) is 2.41. The standard InChI is InChI=1S/C14H22N2O3S/c1-11-10-20(17,18)7-6-16(11)14(9-15)12-4-3-5-13(8-12)19-2/h3-5,8,11,14H,6-7,9-10,15H2,1-2H3. The molecule has 0 radical (unpaired) electrons. The van der Waals surface area contributed by atoms with Gasteiger partial charge in [-0.1, -0.05) is 12.1 Å². The smallest absolute Gasteiger partial charge is 0.153 e. The summed E-state index contributed by atoms with van der Waals surface area (Å²) in [4.78, 5) is 2.18. The molecule has 1 aromatic rings. The Hall–Kier alpha value is -1.11. The Morgan fingerprint density at radius 1 is 1.50 bits per heavy atom. The molecule has 112 valence electrons. The molecule has 0 amide bonds. The molecule has 1 saturated heterocycles. The normalized spacial score (nSPS) is 24.2. The number of benzene rings is 1. The molecule has 5 nitrogen and oxygen atoms in total. The summed E-state index contributed by atoms with van der Waals surface area (Å²) in [6.07, 6.45) is 0. The third kappa shape index (κ3) is 3.31. The van der Waals surface area contributed by atoms with E-state index in [1.807, 2.05) is 31.2 Å². The fraction of sp³-hybridized carbons (Fsp3) is 0.571. The Balaban J connectivity index is 2.23. The Morgan fingerprint density at radius 3 is 2.85 bits per heavy atom. The van der Waals surface area contributed by atoms with Crippen molar-refractivity contribution < 1.29 is 13.2 Å². The van der Waals surface area contributed by atoms with Crippen LogP contribution < -0.4 is 10.5 Å². The minimum Gasteiger partial charge on any atom is -0.497 e. The lowest BCUT2D eigenvalue weighted by Crippen LogP contribution is -2.50. The Bertz CT molecular complexity index is 559. The van der Waals surface area contributed by atoms with Crippen LogP contribution in [0.1, 0.15) is 18.5 Å². The summed E-state index contributed by atoms with van der Waals surface area (Å²) in [7, 11) is -1.28.